The van der Waals surface area contributed by atoms with Crippen LogP contribution < -0.4 is 10.6 Å². The number of nitrogens with zero attached hydrogens (tertiary/aromatic N) is 1. The van der Waals surface area contributed by atoms with Crippen molar-refractivity contribution in [3.05, 3.63) is 29.8 Å². The van der Waals surface area contributed by atoms with Gasteiger partial charge in [0, 0.05) is 12.6 Å². The summed E-state index contributed by atoms with van der Waals surface area (Å²) in [4.78, 5) is 27.2. The lowest BCUT2D eigenvalue weighted by atomic mass is 9.75. The summed E-state index contributed by atoms with van der Waals surface area (Å²) in [6.07, 6.45) is 8.72. The predicted octanol–water partition coefficient (Wildman–Crippen LogP) is 3.03. The molecule has 3 fully saturated rings. The Hall–Kier alpha value is -1.88. The van der Waals surface area contributed by atoms with Crippen LogP contribution in [-0.2, 0) is 4.79 Å². The normalized spacial score (nSPS) is 26.0. The van der Waals surface area contributed by atoms with Gasteiger partial charge in [0.1, 0.15) is 0 Å². The summed E-state index contributed by atoms with van der Waals surface area (Å²) in [5, 5.41) is 5.96. The quantitative estimate of drug-likeness (QED) is 0.853. The van der Waals surface area contributed by atoms with Gasteiger partial charge in [-0.15, -0.1) is 0 Å². The minimum Gasteiger partial charge on any atom is -0.349 e. The Morgan fingerprint density at radius 2 is 1.77 bits per heavy atom. The molecule has 2 saturated carbocycles. The number of likely N-dealkylation sites (tertiary alicyclic amines) is 1. The summed E-state index contributed by atoms with van der Waals surface area (Å²) in [6.45, 7) is 2.47. The van der Waals surface area contributed by atoms with Crippen molar-refractivity contribution in [2.75, 3.05) is 25.0 Å². The number of rotatable bonds is 5. The topological polar surface area (TPSA) is 61.4 Å². The van der Waals surface area contributed by atoms with E-state index in [1.165, 1.54) is 32.1 Å². The molecule has 3 aliphatic rings. The first-order valence-electron chi connectivity index (χ1n) is 10.1. The molecular formula is C21H29N3O2. The third kappa shape index (κ3) is 4.26. The zero-order valence-corrected chi connectivity index (χ0v) is 15.4. The number of benzene rings is 1. The molecule has 1 aliphatic heterocycles. The lowest BCUT2D eigenvalue weighted by molar-refractivity contribution is -0.118. The van der Waals surface area contributed by atoms with Crippen molar-refractivity contribution in [2.24, 2.45) is 11.8 Å². The zero-order valence-electron chi connectivity index (χ0n) is 15.4. The van der Waals surface area contributed by atoms with Crippen LogP contribution in [0, 0.1) is 11.8 Å². The fourth-order valence-corrected chi connectivity index (χ4v) is 4.49. The maximum Gasteiger partial charge on any atom is 0.253 e. The molecule has 5 heteroatoms. The Balaban J connectivity index is 1.34. The molecule has 0 bridgehead atoms. The Kier molecular flexibility index (Phi) is 5.25. The molecule has 1 aromatic rings. The Morgan fingerprint density at radius 1 is 1.00 bits per heavy atom. The Labute approximate surface area is 155 Å². The van der Waals surface area contributed by atoms with Gasteiger partial charge in [-0.25, -0.2) is 0 Å². The van der Waals surface area contributed by atoms with Crippen molar-refractivity contribution in [3.8, 4) is 0 Å². The van der Waals surface area contributed by atoms with Gasteiger partial charge in [0.25, 0.3) is 5.91 Å². The van der Waals surface area contributed by atoms with E-state index in [1.54, 1.807) is 6.07 Å². The summed E-state index contributed by atoms with van der Waals surface area (Å²) in [6, 6.07) is 7.60. The van der Waals surface area contributed by atoms with Crippen molar-refractivity contribution < 1.29 is 9.59 Å². The molecular weight excluding hydrogens is 326 g/mol. The van der Waals surface area contributed by atoms with Crippen molar-refractivity contribution in [2.45, 2.75) is 51.0 Å². The van der Waals surface area contributed by atoms with Gasteiger partial charge in [-0.05, 0) is 56.2 Å². The molecule has 1 aromatic carbocycles. The van der Waals surface area contributed by atoms with Gasteiger partial charge < -0.3 is 10.6 Å². The van der Waals surface area contributed by atoms with Crippen LogP contribution in [0.1, 0.15) is 55.3 Å². The molecule has 2 N–H and O–H groups in total. The molecule has 0 spiro atoms. The van der Waals surface area contributed by atoms with E-state index in [2.05, 4.69) is 15.5 Å². The summed E-state index contributed by atoms with van der Waals surface area (Å²) in [5.41, 5.74) is 1.17. The van der Waals surface area contributed by atoms with Gasteiger partial charge >= 0.3 is 0 Å². The van der Waals surface area contributed by atoms with Crippen LogP contribution >= 0.6 is 0 Å². The average molecular weight is 355 g/mol. The van der Waals surface area contributed by atoms with Gasteiger partial charge in [-0.3, -0.25) is 14.5 Å². The smallest absolute Gasteiger partial charge is 0.253 e. The monoisotopic (exact) mass is 355 g/mol. The number of carbonyl (C=O) groups is 2. The lowest BCUT2D eigenvalue weighted by Gasteiger charge is -2.41. The number of hydrogen-bond donors (Lipinski definition) is 2. The summed E-state index contributed by atoms with van der Waals surface area (Å²) in [7, 11) is 0. The van der Waals surface area contributed by atoms with E-state index < -0.39 is 0 Å². The standard InChI is InChI=1S/C21H29N3O2/c25-20(14-24-12-11-15-5-1-2-6-16(15)13-24)23-19-8-4-3-7-18(19)21(26)22-17-9-10-17/h3-4,7-8,15-17H,1-2,5-6,9-14H2,(H,22,26)(H,23,25)/t15-,16-/m1/s1. The van der Waals surface area contributed by atoms with Crippen molar-refractivity contribution >= 4 is 17.5 Å². The number of hydrogen-bond acceptors (Lipinski definition) is 3. The van der Waals surface area contributed by atoms with Gasteiger partial charge in [0.2, 0.25) is 5.91 Å². The van der Waals surface area contributed by atoms with Crippen LogP contribution in [-0.4, -0.2) is 42.4 Å². The van der Waals surface area contributed by atoms with Crippen LogP contribution in [0.5, 0.6) is 0 Å². The highest BCUT2D eigenvalue weighted by Crippen LogP contribution is 2.35. The first-order valence-corrected chi connectivity index (χ1v) is 10.1. The second kappa shape index (κ2) is 7.78. The highest BCUT2D eigenvalue weighted by molar-refractivity contribution is 6.04. The maximum atomic E-state index is 12.6. The number of para-hydroxylation sites is 1. The SMILES string of the molecule is O=C(CN1CC[C@H]2CCCC[C@@H]2C1)Nc1ccccc1C(=O)NC1CC1. The minimum absolute atomic E-state index is 0.0223. The zero-order chi connectivity index (χ0) is 17.9. The fraction of sp³-hybridized carbons (Fsp3) is 0.619. The molecule has 2 atom stereocenters. The number of piperidine rings is 1. The number of fused-ring (bicyclic) bond motifs is 1. The molecule has 2 amide bonds. The number of nitrogens with one attached hydrogen (secondary N) is 2. The fourth-order valence-electron chi connectivity index (χ4n) is 4.49. The Bertz CT molecular complexity index is 671. The number of amides is 2. The van der Waals surface area contributed by atoms with E-state index in [0.717, 1.165) is 37.8 Å². The van der Waals surface area contributed by atoms with Crippen LogP contribution in [0.4, 0.5) is 5.69 Å². The second-order valence-corrected chi connectivity index (χ2v) is 8.17. The number of anilines is 1. The van der Waals surface area contributed by atoms with Gasteiger partial charge in [-0.2, -0.15) is 0 Å². The second-order valence-electron chi connectivity index (χ2n) is 8.17. The van der Waals surface area contributed by atoms with E-state index in [0.29, 0.717) is 23.8 Å². The van der Waals surface area contributed by atoms with Crippen LogP contribution in [0.2, 0.25) is 0 Å². The molecule has 26 heavy (non-hydrogen) atoms. The summed E-state index contributed by atoms with van der Waals surface area (Å²) < 4.78 is 0. The molecule has 0 unspecified atom stereocenters. The van der Waals surface area contributed by atoms with E-state index in [9.17, 15) is 9.59 Å². The van der Waals surface area contributed by atoms with Crippen LogP contribution in [0.3, 0.4) is 0 Å². The van der Waals surface area contributed by atoms with E-state index in [-0.39, 0.29) is 11.8 Å². The highest BCUT2D eigenvalue weighted by atomic mass is 16.2. The summed E-state index contributed by atoms with van der Waals surface area (Å²) in [5.74, 6) is 1.52. The van der Waals surface area contributed by atoms with Gasteiger partial charge in [0.05, 0.1) is 17.8 Å². The largest absolute Gasteiger partial charge is 0.349 e. The molecule has 5 nitrogen and oxygen atoms in total. The van der Waals surface area contributed by atoms with Crippen LogP contribution in [0.25, 0.3) is 0 Å². The number of carbonyl (C=O) groups excluding carboxylic acids is 2. The third-order valence-corrected chi connectivity index (χ3v) is 6.10. The first-order chi connectivity index (χ1) is 12.7. The van der Waals surface area contributed by atoms with Crippen molar-refractivity contribution in [3.63, 3.8) is 0 Å². The molecule has 2 aliphatic carbocycles. The van der Waals surface area contributed by atoms with Crippen molar-refractivity contribution in [1.82, 2.24) is 10.2 Å². The molecule has 140 valence electrons. The van der Waals surface area contributed by atoms with Gasteiger partial charge in [-0.1, -0.05) is 31.4 Å². The third-order valence-electron chi connectivity index (χ3n) is 6.10. The molecule has 0 radical (unpaired) electrons. The lowest BCUT2D eigenvalue weighted by Crippen LogP contribution is -2.45. The van der Waals surface area contributed by atoms with E-state index in [4.69, 9.17) is 0 Å². The first kappa shape index (κ1) is 17.5. The maximum absolute atomic E-state index is 12.6. The molecule has 1 heterocycles. The highest BCUT2D eigenvalue weighted by Gasteiger charge is 2.31. The minimum atomic E-state index is -0.0913. The van der Waals surface area contributed by atoms with E-state index in [1.807, 2.05) is 18.2 Å². The molecule has 0 aromatic heterocycles. The average Bonchev–Trinajstić information content (AvgIpc) is 3.46. The molecule has 4 rings (SSSR count). The van der Waals surface area contributed by atoms with Gasteiger partial charge in [0.15, 0.2) is 0 Å². The van der Waals surface area contributed by atoms with Crippen LogP contribution in [0.15, 0.2) is 24.3 Å². The predicted molar refractivity (Wildman–Crippen MR) is 102 cm³/mol. The summed E-state index contributed by atoms with van der Waals surface area (Å²) >= 11 is 0. The Morgan fingerprint density at radius 3 is 2.58 bits per heavy atom. The van der Waals surface area contributed by atoms with Crippen molar-refractivity contribution in [1.29, 1.82) is 0 Å². The molecule has 1 saturated heterocycles. The van der Waals surface area contributed by atoms with E-state index >= 15 is 0 Å².